The maximum Gasteiger partial charge on any atom is 0.410 e. The highest BCUT2D eigenvalue weighted by molar-refractivity contribution is 5.87. The molecule has 0 saturated carbocycles. The highest BCUT2D eigenvalue weighted by atomic mass is 16.6. The number of rotatable bonds is 1. The minimum Gasteiger partial charge on any atom is -0.497 e. The van der Waals surface area contributed by atoms with Crippen molar-refractivity contribution in [3.63, 3.8) is 0 Å². The number of ether oxygens (including phenoxy) is 2. The standard InChI is InChI=1S/C16H20N2O3/c1-16(2,3)21-15(19)18-8-12-11-6-5-10(20-4)7-13(11)17-14(12)9-18/h5-7,17H,8-9H2,1-4H3. The van der Waals surface area contributed by atoms with Gasteiger partial charge in [-0.3, -0.25) is 4.90 Å². The van der Waals surface area contributed by atoms with Crippen molar-refractivity contribution in [1.29, 1.82) is 0 Å². The van der Waals surface area contributed by atoms with Crippen LogP contribution in [-0.2, 0) is 17.8 Å². The molecule has 112 valence electrons. The van der Waals surface area contributed by atoms with Crippen LogP contribution >= 0.6 is 0 Å². The van der Waals surface area contributed by atoms with Gasteiger partial charge in [-0.1, -0.05) is 0 Å². The first-order chi connectivity index (χ1) is 9.87. The van der Waals surface area contributed by atoms with Crippen molar-refractivity contribution >= 4 is 17.0 Å². The van der Waals surface area contributed by atoms with Crippen LogP contribution in [0.4, 0.5) is 4.79 Å². The van der Waals surface area contributed by atoms with Gasteiger partial charge < -0.3 is 14.5 Å². The molecule has 0 atom stereocenters. The number of benzene rings is 1. The number of hydrogen-bond acceptors (Lipinski definition) is 3. The quantitative estimate of drug-likeness (QED) is 0.874. The summed E-state index contributed by atoms with van der Waals surface area (Å²) in [6.07, 6.45) is -0.270. The molecule has 0 aliphatic carbocycles. The maximum atomic E-state index is 12.1. The number of aromatic amines is 1. The summed E-state index contributed by atoms with van der Waals surface area (Å²) in [7, 11) is 1.65. The number of H-pyrrole nitrogens is 1. The Kier molecular flexibility index (Phi) is 3.08. The summed E-state index contributed by atoms with van der Waals surface area (Å²) >= 11 is 0. The van der Waals surface area contributed by atoms with Gasteiger partial charge in [0.25, 0.3) is 0 Å². The number of hydrogen-bond donors (Lipinski definition) is 1. The van der Waals surface area contributed by atoms with E-state index in [1.54, 1.807) is 12.0 Å². The number of nitrogens with zero attached hydrogens (tertiary/aromatic N) is 1. The lowest BCUT2D eigenvalue weighted by Gasteiger charge is -2.24. The van der Waals surface area contributed by atoms with Gasteiger partial charge in [0.2, 0.25) is 0 Å². The molecule has 0 fully saturated rings. The molecule has 0 saturated heterocycles. The van der Waals surface area contributed by atoms with Gasteiger partial charge in [-0.25, -0.2) is 4.79 Å². The minimum absolute atomic E-state index is 0.270. The smallest absolute Gasteiger partial charge is 0.410 e. The topological polar surface area (TPSA) is 54.6 Å². The Bertz CT molecular complexity index is 697. The van der Waals surface area contributed by atoms with E-state index in [0.717, 1.165) is 22.3 Å². The van der Waals surface area contributed by atoms with E-state index in [9.17, 15) is 4.79 Å². The van der Waals surface area contributed by atoms with E-state index in [-0.39, 0.29) is 6.09 Å². The van der Waals surface area contributed by atoms with Crippen LogP contribution in [0, 0.1) is 0 Å². The monoisotopic (exact) mass is 288 g/mol. The number of carbonyl (C=O) groups excluding carboxylic acids is 1. The van der Waals surface area contributed by atoms with Crippen LogP contribution < -0.4 is 4.74 Å². The van der Waals surface area contributed by atoms with Crippen LogP contribution in [-0.4, -0.2) is 28.7 Å². The first-order valence-electron chi connectivity index (χ1n) is 7.03. The zero-order valence-electron chi connectivity index (χ0n) is 12.8. The second kappa shape index (κ2) is 4.69. The lowest BCUT2D eigenvalue weighted by molar-refractivity contribution is 0.0241. The average molecular weight is 288 g/mol. The summed E-state index contributed by atoms with van der Waals surface area (Å²) in [6.45, 7) is 6.77. The van der Waals surface area contributed by atoms with Crippen LogP contribution in [0.15, 0.2) is 18.2 Å². The molecule has 1 aromatic heterocycles. The summed E-state index contributed by atoms with van der Waals surface area (Å²) in [5, 5.41) is 1.14. The Morgan fingerprint density at radius 2 is 2.05 bits per heavy atom. The SMILES string of the molecule is COc1ccc2c3c([nH]c2c1)CN(C(=O)OC(C)(C)C)C3. The van der Waals surface area contributed by atoms with Gasteiger partial charge in [0.15, 0.2) is 0 Å². The molecule has 5 heteroatoms. The van der Waals surface area contributed by atoms with Crippen LogP contribution in [0.3, 0.4) is 0 Å². The van der Waals surface area contributed by atoms with Crippen LogP contribution in [0.5, 0.6) is 5.75 Å². The molecule has 2 aromatic rings. The van der Waals surface area contributed by atoms with Crippen molar-refractivity contribution in [1.82, 2.24) is 9.88 Å². The number of methoxy groups -OCH3 is 1. The van der Waals surface area contributed by atoms with E-state index in [1.807, 2.05) is 39.0 Å². The van der Waals surface area contributed by atoms with Gasteiger partial charge in [0, 0.05) is 28.2 Å². The lowest BCUT2D eigenvalue weighted by atomic mass is 10.1. The molecule has 1 N–H and O–H groups in total. The van der Waals surface area contributed by atoms with Crippen molar-refractivity contribution in [2.24, 2.45) is 0 Å². The summed E-state index contributed by atoms with van der Waals surface area (Å²) in [6, 6.07) is 5.94. The van der Waals surface area contributed by atoms with Crippen molar-refractivity contribution in [3.05, 3.63) is 29.5 Å². The van der Waals surface area contributed by atoms with Crippen LogP contribution in [0.1, 0.15) is 32.0 Å². The Hall–Kier alpha value is -2.17. The first kappa shape index (κ1) is 13.8. The Morgan fingerprint density at radius 1 is 1.29 bits per heavy atom. The normalized spacial score (nSPS) is 14.4. The fourth-order valence-electron chi connectivity index (χ4n) is 2.63. The number of aromatic nitrogens is 1. The van der Waals surface area contributed by atoms with Gasteiger partial charge in [0.05, 0.1) is 20.2 Å². The molecule has 1 aliphatic rings. The van der Waals surface area contributed by atoms with E-state index in [0.29, 0.717) is 13.1 Å². The van der Waals surface area contributed by atoms with E-state index < -0.39 is 5.60 Å². The van der Waals surface area contributed by atoms with E-state index in [2.05, 4.69) is 4.98 Å². The summed E-state index contributed by atoms with van der Waals surface area (Å²) in [5.74, 6) is 0.825. The van der Waals surface area contributed by atoms with E-state index in [1.165, 1.54) is 5.56 Å². The van der Waals surface area contributed by atoms with E-state index in [4.69, 9.17) is 9.47 Å². The van der Waals surface area contributed by atoms with Crippen molar-refractivity contribution in [2.75, 3.05) is 7.11 Å². The third-order valence-corrected chi connectivity index (χ3v) is 3.55. The fourth-order valence-corrected chi connectivity index (χ4v) is 2.63. The second-order valence-corrected chi connectivity index (χ2v) is 6.33. The van der Waals surface area contributed by atoms with Gasteiger partial charge >= 0.3 is 6.09 Å². The highest BCUT2D eigenvalue weighted by Crippen LogP contribution is 2.32. The molecule has 0 spiro atoms. The molecule has 2 heterocycles. The van der Waals surface area contributed by atoms with Crippen molar-refractivity contribution in [3.8, 4) is 5.75 Å². The molecule has 3 rings (SSSR count). The number of nitrogens with one attached hydrogen (secondary N) is 1. The average Bonchev–Trinajstić information content (AvgIpc) is 2.92. The predicted molar refractivity (Wildman–Crippen MR) is 80.3 cm³/mol. The Balaban J connectivity index is 1.84. The highest BCUT2D eigenvalue weighted by Gasteiger charge is 2.30. The zero-order valence-corrected chi connectivity index (χ0v) is 12.8. The van der Waals surface area contributed by atoms with Crippen molar-refractivity contribution < 1.29 is 14.3 Å². The molecule has 1 aromatic carbocycles. The molecule has 1 amide bonds. The van der Waals surface area contributed by atoms with E-state index >= 15 is 0 Å². The third-order valence-electron chi connectivity index (χ3n) is 3.55. The first-order valence-corrected chi connectivity index (χ1v) is 7.03. The molecule has 0 unspecified atom stereocenters. The Labute approximate surface area is 123 Å². The van der Waals surface area contributed by atoms with Gasteiger partial charge in [-0.2, -0.15) is 0 Å². The predicted octanol–water partition coefficient (Wildman–Crippen LogP) is 3.43. The fraction of sp³-hybridized carbons (Fsp3) is 0.438. The van der Waals surface area contributed by atoms with Crippen LogP contribution in [0.2, 0.25) is 0 Å². The van der Waals surface area contributed by atoms with Gasteiger partial charge in [0.1, 0.15) is 11.4 Å². The second-order valence-electron chi connectivity index (χ2n) is 6.33. The van der Waals surface area contributed by atoms with Crippen LogP contribution in [0.25, 0.3) is 10.9 Å². The number of fused-ring (bicyclic) bond motifs is 3. The molecular weight excluding hydrogens is 268 g/mol. The third kappa shape index (κ3) is 2.55. The maximum absolute atomic E-state index is 12.1. The molecule has 0 bridgehead atoms. The summed E-state index contributed by atoms with van der Waals surface area (Å²) in [5.41, 5.74) is 2.81. The molecule has 21 heavy (non-hydrogen) atoms. The minimum atomic E-state index is -0.469. The molecule has 5 nitrogen and oxygen atoms in total. The molecular formula is C16H20N2O3. The summed E-state index contributed by atoms with van der Waals surface area (Å²) < 4.78 is 10.7. The number of amides is 1. The number of carbonyl (C=O) groups is 1. The zero-order chi connectivity index (χ0) is 15.2. The van der Waals surface area contributed by atoms with Gasteiger partial charge in [-0.05, 0) is 32.9 Å². The molecule has 1 aliphatic heterocycles. The summed E-state index contributed by atoms with van der Waals surface area (Å²) in [4.78, 5) is 17.2. The van der Waals surface area contributed by atoms with Crippen molar-refractivity contribution in [2.45, 2.75) is 39.5 Å². The largest absolute Gasteiger partial charge is 0.497 e. The molecule has 0 radical (unpaired) electrons. The Morgan fingerprint density at radius 3 is 2.71 bits per heavy atom. The lowest BCUT2D eigenvalue weighted by Crippen LogP contribution is -2.33. The van der Waals surface area contributed by atoms with Gasteiger partial charge in [-0.15, -0.1) is 0 Å².